The normalized spacial score (nSPS) is 11.3. The van der Waals surface area contributed by atoms with E-state index >= 15 is 0 Å². The molecule has 0 saturated carbocycles. The van der Waals surface area contributed by atoms with E-state index in [1.807, 2.05) is 45.0 Å². The van der Waals surface area contributed by atoms with Gasteiger partial charge in [0.2, 0.25) is 5.91 Å². The van der Waals surface area contributed by atoms with Crippen LogP contribution in [-0.2, 0) is 21.2 Å². The molecule has 0 aliphatic carbocycles. The van der Waals surface area contributed by atoms with Gasteiger partial charge in [0.15, 0.2) is 0 Å². The SMILES string of the molecule is COc1ccc(N(CC(=O)NCCCc2ccc(OC(C)C)cc2)S(=O)(=O)c2ccc(C)cc2)cc1Cl. The fraction of sp³-hybridized carbons (Fsp3) is 0.321. The number of carbonyl (C=O) groups is 1. The van der Waals surface area contributed by atoms with Gasteiger partial charge in [-0.1, -0.05) is 41.4 Å². The van der Waals surface area contributed by atoms with Gasteiger partial charge in [-0.05, 0) is 81.6 Å². The number of nitrogens with one attached hydrogen (secondary N) is 1. The third-order valence-corrected chi connectivity index (χ3v) is 7.66. The molecule has 1 amide bonds. The first-order chi connectivity index (χ1) is 17.6. The number of halogens is 1. The fourth-order valence-electron chi connectivity index (χ4n) is 3.68. The summed E-state index contributed by atoms with van der Waals surface area (Å²) in [6.07, 6.45) is 1.58. The molecule has 0 heterocycles. The second kappa shape index (κ2) is 12.8. The van der Waals surface area contributed by atoms with Gasteiger partial charge in [-0.15, -0.1) is 0 Å². The van der Waals surface area contributed by atoms with Crippen LogP contribution in [0.25, 0.3) is 0 Å². The first kappa shape index (κ1) is 28.3. The highest BCUT2D eigenvalue weighted by molar-refractivity contribution is 7.92. The summed E-state index contributed by atoms with van der Waals surface area (Å²) in [4.78, 5) is 12.9. The van der Waals surface area contributed by atoms with Crippen LogP contribution in [-0.4, -0.2) is 40.6 Å². The van der Waals surface area contributed by atoms with Crippen molar-refractivity contribution >= 4 is 33.2 Å². The third kappa shape index (κ3) is 7.87. The minimum absolute atomic E-state index is 0.0859. The topological polar surface area (TPSA) is 84.9 Å². The van der Waals surface area contributed by atoms with Crippen molar-refractivity contribution in [3.63, 3.8) is 0 Å². The zero-order valence-electron chi connectivity index (χ0n) is 21.5. The number of hydrogen-bond donors (Lipinski definition) is 1. The van der Waals surface area contributed by atoms with Crippen molar-refractivity contribution < 1.29 is 22.7 Å². The highest BCUT2D eigenvalue weighted by Crippen LogP contribution is 2.32. The maximum absolute atomic E-state index is 13.5. The van der Waals surface area contributed by atoms with Crippen molar-refractivity contribution in [2.75, 3.05) is 24.5 Å². The fourth-order valence-corrected chi connectivity index (χ4v) is 5.34. The number of nitrogens with zero attached hydrogens (tertiary/aromatic N) is 1. The number of sulfonamides is 1. The molecule has 7 nitrogen and oxygen atoms in total. The van der Waals surface area contributed by atoms with Gasteiger partial charge in [0, 0.05) is 6.54 Å². The summed E-state index contributed by atoms with van der Waals surface area (Å²) in [6, 6.07) is 19.0. The highest BCUT2D eigenvalue weighted by Gasteiger charge is 2.27. The van der Waals surface area contributed by atoms with Crippen molar-refractivity contribution in [1.29, 1.82) is 0 Å². The Labute approximate surface area is 224 Å². The summed E-state index contributed by atoms with van der Waals surface area (Å²) in [7, 11) is -2.55. The Kier molecular flexibility index (Phi) is 9.83. The van der Waals surface area contributed by atoms with E-state index in [1.165, 1.54) is 25.3 Å². The Morgan fingerprint density at radius 2 is 1.70 bits per heavy atom. The van der Waals surface area contributed by atoms with Gasteiger partial charge in [0.05, 0.1) is 28.8 Å². The van der Waals surface area contributed by atoms with Crippen LogP contribution in [0.15, 0.2) is 71.6 Å². The van der Waals surface area contributed by atoms with E-state index in [1.54, 1.807) is 24.3 Å². The van der Waals surface area contributed by atoms with Crippen LogP contribution in [0.4, 0.5) is 5.69 Å². The van der Waals surface area contributed by atoms with Crippen LogP contribution in [0.3, 0.4) is 0 Å². The Hall–Kier alpha value is -3.23. The molecule has 0 atom stereocenters. The quantitative estimate of drug-likeness (QED) is 0.309. The van der Waals surface area contributed by atoms with Crippen LogP contribution in [0, 0.1) is 6.92 Å². The number of aryl methyl sites for hydroxylation is 2. The molecule has 3 aromatic rings. The average molecular weight is 545 g/mol. The van der Waals surface area contributed by atoms with E-state index in [4.69, 9.17) is 21.1 Å². The summed E-state index contributed by atoms with van der Waals surface area (Å²) >= 11 is 6.27. The van der Waals surface area contributed by atoms with E-state index in [0.717, 1.165) is 27.6 Å². The molecular weight excluding hydrogens is 512 g/mol. The van der Waals surface area contributed by atoms with Gasteiger partial charge in [-0.2, -0.15) is 0 Å². The van der Waals surface area contributed by atoms with Crippen molar-refractivity contribution in [3.05, 3.63) is 82.9 Å². The zero-order valence-corrected chi connectivity index (χ0v) is 23.1. The van der Waals surface area contributed by atoms with Gasteiger partial charge in [-0.25, -0.2) is 8.42 Å². The maximum Gasteiger partial charge on any atom is 0.264 e. The summed E-state index contributed by atoms with van der Waals surface area (Å²) in [5.74, 6) is 0.815. The van der Waals surface area contributed by atoms with E-state index < -0.39 is 15.9 Å². The van der Waals surface area contributed by atoms with Gasteiger partial charge in [0.1, 0.15) is 18.0 Å². The Morgan fingerprint density at radius 1 is 1.03 bits per heavy atom. The molecule has 0 unspecified atom stereocenters. The largest absolute Gasteiger partial charge is 0.495 e. The van der Waals surface area contributed by atoms with Gasteiger partial charge < -0.3 is 14.8 Å². The molecule has 9 heteroatoms. The van der Waals surface area contributed by atoms with Gasteiger partial charge >= 0.3 is 0 Å². The lowest BCUT2D eigenvalue weighted by Crippen LogP contribution is -2.41. The Balaban J connectivity index is 1.68. The molecule has 0 fully saturated rings. The average Bonchev–Trinajstić information content (AvgIpc) is 2.86. The summed E-state index contributed by atoms with van der Waals surface area (Å²) in [5, 5.41) is 3.08. The second-order valence-corrected chi connectivity index (χ2v) is 11.2. The van der Waals surface area contributed by atoms with Crippen LogP contribution in [0.5, 0.6) is 11.5 Å². The number of carbonyl (C=O) groups excluding carboxylic acids is 1. The van der Waals surface area contributed by atoms with Crippen molar-refractivity contribution in [2.24, 2.45) is 0 Å². The molecule has 0 spiro atoms. The highest BCUT2D eigenvalue weighted by atomic mass is 35.5. The standard InChI is InChI=1S/C28H33ClN2O5S/c1-20(2)36-24-12-9-22(10-13-24)6-5-17-30-28(32)19-31(23-11-16-27(35-4)26(29)18-23)37(33,34)25-14-7-21(3)8-15-25/h7-16,18,20H,5-6,17,19H2,1-4H3,(H,30,32). The lowest BCUT2D eigenvalue weighted by molar-refractivity contribution is -0.119. The number of ether oxygens (including phenoxy) is 2. The molecule has 0 aliphatic heterocycles. The van der Waals surface area contributed by atoms with E-state index in [0.29, 0.717) is 18.7 Å². The monoisotopic (exact) mass is 544 g/mol. The van der Waals surface area contributed by atoms with Gasteiger partial charge in [0.25, 0.3) is 10.0 Å². The molecule has 0 aromatic heterocycles. The summed E-state index contributed by atoms with van der Waals surface area (Å²) in [6.45, 7) is 5.85. The molecule has 0 aliphatic rings. The molecule has 3 aromatic carbocycles. The number of hydrogen-bond acceptors (Lipinski definition) is 5. The smallest absolute Gasteiger partial charge is 0.264 e. The van der Waals surface area contributed by atoms with Crippen molar-refractivity contribution in [1.82, 2.24) is 5.32 Å². The Bertz CT molecular complexity index is 1290. The molecule has 198 valence electrons. The molecule has 37 heavy (non-hydrogen) atoms. The lowest BCUT2D eigenvalue weighted by Gasteiger charge is -2.24. The first-order valence-corrected chi connectivity index (χ1v) is 13.9. The van der Waals surface area contributed by atoms with Crippen LogP contribution >= 0.6 is 11.6 Å². The number of methoxy groups -OCH3 is 1. The van der Waals surface area contributed by atoms with E-state index in [2.05, 4.69) is 5.32 Å². The van der Waals surface area contributed by atoms with E-state index in [9.17, 15) is 13.2 Å². The molecular formula is C28H33ClN2O5S. The third-order valence-electron chi connectivity index (χ3n) is 5.58. The summed E-state index contributed by atoms with van der Waals surface area (Å²) in [5.41, 5.74) is 2.32. The number of anilines is 1. The Morgan fingerprint density at radius 3 is 2.30 bits per heavy atom. The van der Waals surface area contributed by atoms with Crippen molar-refractivity contribution in [2.45, 2.75) is 44.6 Å². The molecule has 0 saturated heterocycles. The molecule has 1 N–H and O–H groups in total. The zero-order chi connectivity index (χ0) is 27.0. The lowest BCUT2D eigenvalue weighted by atomic mass is 10.1. The van der Waals surface area contributed by atoms with Crippen LogP contribution in [0.1, 0.15) is 31.4 Å². The number of rotatable bonds is 12. The molecule has 0 radical (unpaired) electrons. The molecule has 0 bridgehead atoms. The van der Waals surface area contributed by atoms with Crippen LogP contribution in [0.2, 0.25) is 5.02 Å². The molecule has 3 rings (SSSR count). The number of benzene rings is 3. The first-order valence-electron chi connectivity index (χ1n) is 12.1. The predicted molar refractivity (Wildman–Crippen MR) is 147 cm³/mol. The minimum Gasteiger partial charge on any atom is -0.495 e. The predicted octanol–water partition coefficient (Wildman–Crippen LogP) is 5.39. The summed E-state index contributed by atoms with van der Waals surface area (Å²) < 4.78 is 38.9. The van der Waals surface area contributed by atoms with Crippen molar-refractivity contribution in [3.8, 4) is 11.5 Å². The second-order valence-electron chi connectivity index (χ2n) is 8.91. The maximum atomic E-state index is 13.5. The van der Waals surface area contributed by atoms with E-state index in [-0.39, 0.29) is 28.3 Å². The van der Waals surface area contributed by atoms with Crippen LogP contribution < -0.4 is 19.1 Å². The number of amides is 1. The van der Waals surface area contributed by atoms with Gasteiger partial charge in [-0.3, -0.25) is 9.10 Å². The minimum atomic E-state index is -4.03.